The average molecular weight is 362 g/mol. The summed E-state index contributed by atoms with van der Waals surface area (Å²) in [5, 5.41) is 11.5. The van der Waals surface area contributed by atoms with Crippen LogP contribution in [0.4, 0.5) is 0 Å². The quantitative estimate of drug-likeness (QED) is 0.746. The van der Waals surface area contributed by atoms with E-state index in [1.165, 1.54) is 19.3 Å². The van der Waals surface area contributed by atoms with Gasteiger partial charge in [0, 0.05) is 14.8 Å². The number of nitrogens with two attached hydrogens (primary N) is 1. The summed E-state index contributed by atoms with van der Waals surface area (Å²) in [5.74, 6) is 0.322. The van der Waals surface area contributed by atoms with Crippen molar-refractivity contribution < 1.29 is 5.11 Å². The molecule has 2 nitrogen and oxygen atoms in total. The zero-order valence-corrected chi connectivity index (χ0v) is 15.3. The van der Waals surface area contributed by atoms with E-state index in [0.717, 1.165) is 33.2 Å². The molecular weight excluding hydrogens is 338 g/mol. The maximum Gasteiger partial charge on any atom is 0.0761 e. The Morgan fingerprint density at radius 2 is 1.67 bits per heavy atom. The molecule has 0 unspecified atom stereocenters. The van der Waals surface area contributed by atoms with Crippen LogP contribution in [0, 0.1) is 5.92 Å². The summed E-state index contributed by atoms with van der Waals surface area (Å²) >= 11 is 7.63. The topological polar surface area (TPSA) is 46.2 Å². The first-order valence-electron chi connectivity index (χ1n) is 8.61. The fourth-order valence-electron chi connectivity index (χ4n) is 3.43. The summed E-state index contributed by atoms with van der Waals surface area (Å²) in [6.45, 7) is 0. The highest BCUT2D eigenvalue weighted by Gasteiger charge is 2.28. The molecule has 0 aromatic heterocycles. The van der Waals surface area contributed by atoms with Crippen molar-refractivity contribution in [3.63, 3.8) is 0 Å². The van der Waals surface area contributed by atoms with Crippen LogP contribution in [-0.4, -0.2) is 11.2 Å². The Kier molecular flexibility index (Phi) is 6.23. The van der Waals surface area contributed by atoms with Crippen LogP contribution in [0.1, 0.15) is 43.7 Å². The lowest BCUT2D eigenvalue weighted by molar-refractivity contribution is 0.0611. The molecule has 0 saturated heterocycles. The number of halogens is 1. The summed E-state index contributed by atoms with van der Waals surface area (Å²) in [5.41, 5.74) is 7.49. The highest BCUT2D eigenvalue weighted by atomic mass is 35.5. The normalized spacial score (nSPS) is 18.3. The van der Waals surface area contributed by atoms with Crippen LogP contribution in [0.5, 0.6) is 0 Å². The van der Waals surface area contributed by atoms with Gasteiger partial charge in [0.15, 0.2) is 0 Å². The van der Waals surface area contributed by atoms with Gasteiger partial charge in [-0.3, -0.25) is 0 Å². The zero-order valence-electron chi connectivity index (χ0n) is 13.7. The molecule has 0 amide bonds. The molecule has 0 heterocycles. The molecule has 3 N–H and O–H groups in total. The Labute approximate surface area is 153 Å². The summed E-state index contributed by atoms with van der Waals surface area (Å²) in [4.78, 5) is 2.22. The van der Waals surface area contributed by atoms with Crippen molar-refractivity contribution in [1.82, 2.24) is 0 Å². The second kappa shape index (κ2) is 8.39. The van der Waals surface area contributed by atoms with Gasteiger partial charge in [-0.15, -0.1) is 0 Å². The highest BCUT2D eigenvalue weighted by Crippen LogP contribution is 2.37. The van der Waals surface area contributed by atoms with E-state index in [-0.39, 0.29) is 6.04 Å². The first kappa shape index (κ1) is 17.8. The van der Waals surface area contributed by atoms with Crippen molar-refractivity contribution in [2.24, 2.45) is 11.7 Å². The second-order valence-electron chi connectivity index (χ2n) is 6.51. The molecule has 2 atom stereocenters. The molecule has 1 saturated carbocycles. The Bertz CT molecular complexity index is 655. The van der Waals surface area contributed by atoms with E-state index in [2.05, 4.69) is 6.07 Å². The molecule has 0 radical (unpaired) electrons. The molecular formula is C20H24ClNOS. The molecule has 0 spiro atoms. The third-order valence-electron chi connectivity index (χ3n) is 4.82. The van der Waals surface area contributed by atoms with E-state index < -0.39 is 6.10 Å². The van der Waals surface area contributed by atoms with Gasteiger partial charge >= 0.3 is 0 Å². The Hall–Kier alpha value is -1.00. The van der Waals surface area contributed by atoms with E-state index in [4.69, 9.17) is 17.3 Å². The van der Waals surface area contributed by atoms with Gasteiger partial charge < -0.3 is 10.8 Å². The fourth-order valence-corrected chi connectivity index (χ4v) is 4.55. The summed E-state index contributed by atoms with van der Waals surface area (Å²) < 4.78 is 0. The second-order valence-corrected chi connectivity index (χ2v) is 8.06. The number of hydrogen-bond acceptors (Lipinski definition) is 3. The summed E-state index contributed by atoms with van der Waals surface area (Å²) in [7, 11) is 0. The predicted molar refractivity (Wildman–Crippen MR) is 102 cm³/mol. The van der Waals surface area contributed by atoms with Crippen molar-refractivity contribution in [2.75, 3.05) is 0 Å². The molecule has 3 rings (SSSR count). The lowest BCUT2D eigenvalue weighted by Crippen LogP contribution is -2.34. The minimum Gasteiger partial charge on any atom is -0.391 e. The lowest BCUT2D eigenvalue weighted by Gasteiger charge is -2.31. The Morgan fingerprint density at radius 1 is 1.00 bits per heavy atom. The predicted octanol–water partition coefficient (Wildman–Crippen LogP) is 5.43. The maximum absolute atomic E-state index is 10.8. The van der Waals surface area contributed by atoms with Crippen LogP contribution >= 0.6 is 23.4 Å². The largest absolute Gasteiger partial charge is 0.391 e. The van der Waals surface area contributed by atoms with Gasteiger partial charge in [-0.25, -0.2) is 0 Å². The molecule has 24 heavy (non-hydrogen) atoms. The van der Waals surface area contributed by atoms with Crippen LogP contribution in [0.2, 0.25) is 5.02 Å². The smallest absolute Gasteiger partial charge is 0.0761 e. The van der Waals surface area contributed by atoms with E-state index in [1.807, 2.05) is 42.5 Å². The maximum atomic E-state index is 10.8. The molecule has 2 aromatic carbocycles. The molecule has 1 aliphatic carbocycles. The van der Waals surface area contributed by atoms with Gasteiger partial charge in [0.25, 0.3) is 0 Å². The number of aliphatic hydroxyl groups is 1. The van der Waals surface area contributed by atoms with Crippen LogP contribution in [0.3, 0.4) is 0 Å². The van der Waals surface area contributed by atoms with Crippen LogP contribution < -0.4 is 5.73 Å². The van der Waals surface area contributed by atoms with Gasteiger partial charge in [-0.05, 0) is 54.7 Å². The Balaban J connectivity index is 1.78. The SMILES string of the molecule is N[C@H](c1ccccc1Sc1ccc(Cl)cc1)[C@@H](O)C1CCCCC1. The fraction of sp³-hybridized carbons (Fsp3) is 0.400. The molecule has 0 aliphatic heterocycles. The molecule has 0 bridgehead atoms. The number of rotatable bonds is 5. The van der Waals surface area contributed by atoms with Gasteiger partial charge in [0.1, 0.15) is 0 Å². The molecule has 1 fully saturated rings. The van der Waals surface area contributed by atoms with Gasteiger partial charge in [-0.2, -0.15) is 0 Å². The Morgan fingerprint density at radius 3 is 2.38 bits per heavy atom. The summed E-state index contributed by atoms with van der Waals surface area (Å²) in [6, 6.07) is 15.6. The van der Waals surface area contributed by atoms with Crippen molar-refractivity contribution >= 4 is 23.4 Å². The highest BCUT2D eigenvalue weighted by molar-refractivity contribution is 7.99. The zero-order chi connectivity index (χ0) is 16.9. The minimum absolute atomic E-state index is 0.322. The number of hydrogen-bond donors (Lipinski definition) is 2. The van der Waals surface area contributed by atoms with E-state index in [1.54, 1.807) is 11.8 Å². The minimum atomic E-state index is -0.475. The first-order chi connectivity index (χ1) is 11.6. The standard InChI is InChI=1S/C20H24ClNOS/c21-15-10-12-16(13-11-15)24-18-9-5-4-8-17(18)19(22)20(23)14-6-2-1-3-7-14/h4-5,8-14,19-20,23H,1-3,6-7,22H2/t19-,20+/m1/s1. The van der Waals surface area contributed by atoms with Crippen molar-refractivity contribution in [3.05, 3.63) is 59.1 Å². The van der Waals surface area contributed by atoms with Crippen LogP contribution in [-0.2, 0) is 0 Å². The van der Waals surface area contributed by atoms with Gasteiger partial charge in [-0.1, -0.05) is 60.8 Å². The number of benzene rings is 2. The van der Waals surface area contributed by atoms with Gasteiger partial charge in [0.05, 0.1) is 12.1 Å². The molecule has 2 aromatic rings. The third kappa shape index (κ3) is 4.34. The lowest BCUT2D eigenvalue weighted by atomic mass is 9.81. The van der Waals surface area contributed by atoms with Crippen molar-refractivity contribution in [2.45, 2.75) is 54.0 Å². The third-order valence-corrected chi connectivity index (χ3v) is 6.17. The molecule has 128 valence electrons. The summed E-state index contributed by atoms with van der Waals surface area (Å²) in [6.07, 6.45) is 5.38. The van der Waals surface area contributed by atoms with Crippen molar-refractivity contribution in [1.29, 1.82) is 0 Å². The monoisotopic (exact) mass is 361 g/mol. The van der Waals surface area contributed by atoms with E-state index >= 15 is 0 Å². The van der Waals surface area contributed by atoms with E-state index in [0.29, 0.717) is 5.92 Å². The van der Waals surface area contributed by atoms with E-state index in [9.17, 15) is 5.11 Å². The number of aliphatic hydroxyl groups excluding tert-OH is 1. The van der Waals surface area contributed by atoms with Crippen molar-refractivity contribution in [3.8, 4) is 0 Å². The van der Waals surface area contributed by atoms with Crippen LogP contribution in [0.15, 0.2) is 58.3 Å². The van der Waals surface area contributed by atoms with Gasteiger partial charge in [0.2, 0.25) is 0 Å². The average Bonchev–Trinajstić information content (AvgIpc) is 2.63. The molecule has 1 aliphatic rings. The molecule has 4 heteroatoms. The first-order valence-corrected chi connectivity index (χ1v) is 9.80. The van der Waals surface area contributed by atoms with Crippen LogP contribution in [0.25, 0.3) is 0 Å².